The Hall–Kier alpha value is -2.74. The number of sulfonamides is 1. The first-order chi connectivity index (χ1) is 13.4. The van der Waals surface area contributed by atoms with Crippen molar-refractivity contribution in [3.63, 3.8) is 0 Å². The van der Waals surface area contributed by atoms with Gasteiger partial charge < -0.3 is 15.0 Å². The number of benzene rings is 2. The number of fused-ring (bicyclic) bond motifs is 1. The topological polar surface area (TPSA) is 86.4 Å². The quantitative estimate of drug-likeness (QED) is 0.593. The molecule has 3 aromatic rings. The molecule has 0 saturated carbocycles. The molecule has 0 unspecified atom stereocenters. The van der Waals surface area contributed by atoms with E-state index in [4.69, 9.17) is 10.5 Å². The van der Waals surface area contributed by atoms with Crippen molar-refractivity contribution in [2.24, 2.45) is 0 Å². The predicted octanol–water partition coefficient (Wildman–Crippen LogP) is 4.02. The van der Waals surface area contributed by atoms with E-state index in [1.54, 1.807) is 25.1 Å². The van der Waals surface area contributed by atoms with E-state index in [0.29, 0.717) is 23.7 Å². The maximum absolute atomic E-state index is 12.4. The Balaban J connectivity index is 2.03. The molecule has 0 aliphatic rings. The number of nitrogens with one attached hydrogen (secondary N) is 1. The van der Waals surface area contributed by atoms with Gasteiger partial charge in [-0.25, -0.2) is 12.8 Å². The summed E-state index contributed by atoms with van der Waals surface area (Å²) in [5.41, 5.74) is 10.2. The number of rotatable bonds is 8. The molecule has 0 saturated heterocycles. The van der Waals surface area contributed by atoms with Gasteiger partial charge in [-0.3, -0.25) is 4.72 Å². The highest BCUT2D eigenvalue weighted by Gasteiger charge is 2.17. The van der Waals surface area contributed by atoms with Gasteiger partial charge in [0.2, 0.25) is 10.0 Å². The second-order valence-corrected chi connectivity index (χ2v) is 8.32. The second kappa shape index (κ2) is 8.10. The van der Waals surface area contributed by atoms with Crippen molar-refractivity contribution in [1.29, 1.82) is 0 Å². The molecule has 6 nitrogen and oxygen atoms in total. The summed E-state index contributed by atoms with van der Waals surface area (Å²) in [6.45, 7) is 3.74. The summed E-state index contributed by atoms with van der Waals surface area (Å²) in [4.78, 5) is 0. The van der Waals surface area contributed by atoms with E-state index >= 15 is 0 Å². The molecule has 8 heteroatoms. The normalized spacial score (nSPS) is 11.7. The summed E-state index contributed by atoms with van der Waals surface area (Å²) in [7, 11) is -3.32. The molecule has 0 radical (unpaired) electrons. The lowest BCUT2D eigenvalue weighted by Crippen LogP contribution is -2.14. The van der Waals surface area contributed by atoms with Crippen molar-refractivity contribution in [2.45, 2.75) is 20.4 Å². The van der Waals surface area contributed by atoms with Gasteiger partial charge in [-0.2, -0.15) is 0 Å². The van der Waals surface area contributed by atoms with Crippen LogP contribution in [-0.2, 0) is 16.6 Å². The van der Waals surface area contributed by atoms with E-state index in [-0.39, 0.29) is 12.4 Å². The average molecular weight is 405 g/mol. The average Bonchev–Trinajstić information content (AvgIpc) is 2.98. The molecule has 0 spiro atoms. The Morgan fingerprint density at radius 3 is 2.46 bits per heavy atom. The zero-order valence-electron chi connectivity index (χ0n) is 15.9. The Kier molecular flexibility index (Phi) is 5.79. The second-order valence-electron chi connectivity index (χ2n) is 6.31. The van der Waals surface area contributed by atoms with Crippen LogP contribution < -0.4 is 15.2 Å². The lowest BCUT2D eigenvalue weighted by atomic mass is 10.1. The first-order valence-corrected chi connectivity index (χ1v) is 10.8. The van der Waals surface area contributed by atoms with E-state index in [1.807, 2.05) is 31.2 Å². The van der Waals surface area contributed by atoms with Gasteiger partial charge in [0, 0.05) is 29.2 Å². The predicted molar refractivity (Wildman–Crippen MR) is 112 cm³/mol. The number of hydrogen-bond acceptors (Lipinski definition) is 4. The fourth-order valence-corrected chi connectivity index (χ4v) is 3.83. The number of nitrogen functional groups attached to an aromatic ring is 1. The third-order valence-corrected chi connectivity index (χ3v) is 5.86. The molecule has 2 aromatic carbocycles. The van der Waals surface area contributed by atoms with E-state index in [2.05, 4.69) is 9.29 Å². The summed E-state index contributed by atoms with van der Waals surface area (Å²) >= 11 is 0. The molecule has 3 N–H and O–H groups in total. The molecule has 0 aliphatic carbocycles. The van der Waals surface area contributed by atoms with Crippen LogP contribution in [0.1, 0.15) is 13.8 Å². The number of halogens is 1. The monoisotopic (exact) mass is 405 g/mol. The molecule has 0 bridgehead atoms. The highest BCUT2D eigenvalue weighted by Crippen LogP contribution is 2.38. The third kappa shape index (κ3) is 3.91. The molecule has 28 heavy (non-hydrogen) atoms. The number of hydrogen-bond donors (Lipinski definition) is 2. The van der Waals surface area contributed by atoms with Crippen LogP contribution in [0.25, 0.3) is 22.2 Å². The summed E-state index contributed by atoms with van der Waals surface area (Å²) in [5, 5.41) is 0.889. The Labute approximate surface area is 164 Å². The van der Waals surface area contributed by atoms with Crippen LogP contribution in [0.5, 0.6) is 5.75 Å². The molecule has 1 aromatic heterocycles. The van der Waals surface area contributed by atoms with Crippen LogP contribution in [0.4, 0.5) is 15.8 Å². The zero-order valence-corrected chi connectivity index (χ0v) is 16.7. The molecule has 0 atom stereocenters. The fourth-order valence-electron chi connectivity index (χ4n) is 3.19. The van der Waals surface area contributed by atoms with Crippen LogP contribution in [-0.4, -0.2) is 32.0 Å². The van der Waals surface area contributed by atoms with Crippen LogP contribution in [0, 0.1) is 0 Å². The number of alkyl halides is 1. The van der Waals surface area contributed by atoms with Crippen LogP contribution >= 0.6 is 0 Å². The van der Waals surface area contributed by atoms with E-state index < -0.39 is 16.7 Å². The summed E-state index contributed by atoms with van der Waals surface area (Å²) in [5.74, 6) is 0.603. The first kappa shape index (κ1) is 20.0. The summed E-state index contributed by atoms with van der Waals surface area (Å²) in [6, 6.07) is 12.6. The molecular weight excluding hydrogens is 381 g/mol. The van der Waals surface area contributed by atoms with Crippen molar-refractivity contribution >= 4 is 32.3 Å². The van der Waals surface area contributed by atoms with Gasteiger partial charge in [0.25, 0.3) is 0 Å². The van der Waals surface area contributed by atoms with Gasteiger partial charge in [0.15, 0.2) is 0 Å². The number of nitrogens with two attached hydrogens (primary N) is 1. The Morgan fingerprint density at radius 1 is 1.14 bits per heavy atom. The molecular formula is C20H24FN3O3S. The van der Waals surface area contributed by atoms with Crippen LogP contribution in [0.2, 0.25) is 0 Å². The molecule has 1 heterocycles. The maximum Gasteiger partial charge on any atom is 0.232 e. The lowest BCUT2D eigenvalue weighted by molar-refractivity contribution is 0.273. The van der Waals surface area contributed by atoms with Crippen LogP contribution in [0.3, 0.4) is 0 Å². The molecule has 0 amide bonds. The number of aryl methyl sites for hydroxylation is 1. The first-order valence-electron chi connectivity index (χ1n) is 9.11. The maximum atomic E-state index is 12.4. The summed E-state index contributed by atoms with van der Waals surface area (Å²) < 4.78 is 45.9. The van der Waals surface area contributed by atoms with Crippen molar-refractivity contribution < 1.29 is 17.5 Å². The number of ether oxygens (including phenoxy) is 1. The van der Waals surface area contributed by atoms with Gasteiger partial charge in [-0.1, -0.05) is 12.1 Å². The van der Waals surface area contributed by atoms with Gasteiger partial charge >= 0.3 is 0 Å². The van der Waals surface area contributed by atoms with Gasteiger partial charge in [-0.15, -0.1) is 0 Å². The molecule has 0 fully saturated rings. The number of anilines is 2. The van der Waals surface area contributed by atoms with Crippen molar-refractivity contribution in [1.82, 2.24) is 4.57 Å². The van der Waals surface area contributed by atoms with Gasteiger partial charge in [0.1, 0.15) is 19.0 Å². The zero-order chi connectivity index (χ0) is 20.3. The van der Waals surface area contributed by atoms with Gasteiger partial charge in [0.05, 0.1) is 22.7 Å². The Bertz CT molecular complexity index is 1080. The van der Waals surface area contributed by atoms with E-state index in [1.165, 1.54) is 0 Å². The van der Waals surface area contributed by atoms with E-state index in [0.717, 1.165) is 22.2 Å². The molecule has 150 valence electrons. The minimum Gasteiger partial charge on any atom is -0.491 e. The summed E-state index contributed by atoms with van der Waals surface area (Å²) in [6.07, 6.45) is 0. The number of aromatic nitrogens is 1. The molecule has 0 aliphatic heterocycles. The van der Waals surface area contributed by atoms with Crippen LogP contribution in [0.15, 0.2) is 42.5 Å². The smallest absolute Gasteiger partial charge is 0.232 e. The minimum atomic E-state index is -3.32. The standard InChI is InChI=1S/C20H24FN3O3S/c1-3-24-18-13-16(27-12-11-21)9-10-17(18)19(22)20(24)14-5-7-15(8-6-14)23-28(25,26)4-2/h5-10,13,23H,3-4,11-12,22H2,1-2H3. The third-order valence-electron chi connectivity index (χ3n) is 4.55. The Morgan fingerprint density at radius 2 is 1.86 bits per heavy atom. The number of nitrogens with zero attached hydrogens (tertiary/aromatic N) is 1. The van der Waals surface area contributed by atoms with Crippen molar-refractivity contribution in [3.05, 3.63) is 42.5 Å². The highest BCUT2D eigenvalue weighted by molar-refractivity contribution is 7.92. The minimum absolute atomic E-state index is 0.00973. The van der Waals surface area contributed by atoms with Crippen molar-refractivity contribution in [2.75, 3.05) is 29.5 Å². The van der Waals surface area contributed by atoms with E-state index in [9.17, 15) is 12.8 Å². The van der Waals surface area contributed by atoms with Crippen molar-refractivity contribution in [3.8, 4) is 17.0 Å². The SMILES string of the molecule is CCn1c(-c2ccc(NS(=O)(=O)CC)cc2)c(N)c2ccc(OCCF)cc21. The molecule has 3 rings (SSSR count). The fraction of sp³-hybridized carbons (Fsp3) is 0.300. The highest BCUT2D eigenvalue weighted by atomic mass is 32.2. The largest absolute Gasteiger partial charge is 0.491 e. The lowest BCUT2D eigenvalue weighted by Gasteiger charge is -2.11. The van der Waals surface area contributed by atoms with Gasteiger partial charge in [-0.05, 0) is 38.1 Å².